The Morgan fingerprint density at radius 1 is 1.14 bits per heavy atom. The molecule has 2 heterocycles. The van der Waals surface area contributed by atoms with Crippen molar-refractivity contribution in [1.82, 2.24) is 4.90 Å². The molecule has 1 aliphatic heterocycles. The minimum atomic E-state index is 0.0480. The molecule has 1 aromatic heterocycles. The summed E-state index contributed by atoms with van der Waals surface area (Å²) in [7, 11) is 0. The van der Waals surface area contributed by atoms with Gasteiger partial charge in [0.05, 0.1) is 24.6 Å². The number of carbonyl (C=O) groups is 1. The fourth-order valence-electron chi connectivity index (χ4n) is 3.16. The number of fused-ring (bicyclic) bond motifs is 1. The van der Waals surface area contributed by atoms with E-state index >= 15 is 0 Å². The Morgan fingerprint density at radius 3 is 2.86 bits per heavy atom. The predicted molar refractivity (Wildman–Crippen MR) is 111 cm³/mol. The van der Waals surface area contributed by atoms with Crippen LogP contribution in [0.3, 0.4) is 0 Å². The van der Waals surface area contributed by atoms with E-state index in [0.717, 1.165) is 27.3 Å². The van der Waals surface area contributed by atoms with Gasteiger partial charge < -0.3 is 14.4 Å². The van der Waals surface area contributed by atoms with Crippen LogP contribution in [-0.2, 0) is 24.5 Å². The summed E-state index contributed by atoms with van der Waals surface area (Å²) >= 11 is 7.64. The third-order valence-electron chi connectivity index (χ3n) is 4.61. The van der Waals surface area contributed by atoms with Crippen molar-refractivity contribution < 1.29 is 14.3 Å². The Morgan fingerprint density at radius 2 is 2.04 bits per heavy atom. The topological polar surface area (TPSA) is 38.8 Å². The van der Waals surface area contributed by atoms with Gasteiger partial charge in [0.1, 0.15) is 12.4 Å². The van der Waals surface area contributed by atoms with Crippen molar-refractivity contribution >= 4 is 28.8 Å². The summed E-state index contributed by atoms with van der Waals surface area (Å²) in [5, 5.41) is 2.63. The molecule has 0 unspecified atom stereocenters. The van der Waals surface area contributed by atoms with Crippen LogP contribution >= 0.6 is 22.9 Å². The smallest absolute Gasteiger partial charge is 0.264 e. The van der Waals surface area contributed by atoms with Crippen LogP contribution < -0.4 is 4.74 Å². The van der Waals surface area contributed by atoms with Crippen molar-refractivity contribution in [3.63, 3.8) is 0 Å². The van der Waals surface area contributed by atoms with E-state index in [-0.39, 0.29) is 5.91 Å². The third kappa shape index (κ3) is 4.38. The molecule has 0 fully saturated rings. The molecule has 0 spiro atoms. The van der Waals surface area contributed by atoms with Gasteiger partial charge in [-0.05, 0) is 40.8 Å². The van der Waals surface area contributed by atoms with E-state index in [0.29, 0.717) is 37.9 Å². The maximum Gasteiger partial charge on any atom is 0.264 e. The van der Waals surface area contributed by atoms with Crippen LogP contribution in [0.15, 0.2) is 60.0 Å². The van der Waals surface area contributed by atoms with Gasteiger partial charge in [0, 0.05) is 17.1 Å². The Balaban J connectivity index is 1.43. The van der Waals surface area contributed by atoms with Gasteiger partial charge in [-0.25, -0.2) is 0 Å². The summed E-state index contributed by atoms with van der Waals surface area (Å²) in [5.41, 5.74) is 3.01. The van der Waals surface area contributed by atoms with Crippen LogP contribution in [0.5, 0.6) is 5.75 Å². The fraction of sp³-hybridized carbons (Fsp3) is 0.227. The molecule has 144 valence electrons. The number of halogens is 1. The summed E-state index contributed by atoms with van der Waals surface area (Å²) in [6, 6.07) is 17.4. The SMILES string of the molecule is O=C(c1cccs1)N1CCOc2ccc(COCc3ccccc3Cl)cc2C1. The Labute approximate surface area is 173 Å². The first-order chi connectivity index (χ1) is 13.7. The molecule has 6 heteroatoms. The molecule has 0 aliphatic carbocycles. The molecule has 4 rings (SSSR count). The number of thiophene rings is 1. The second-order valence-electron chi connectivity index (χ2n) is 6.58. The van der Waals surface area contributed by atoms with Crippen LogP contribution in [0.25, 0.3) is 0 Å². The van der Waals surface area contributed by atoms with Gasteiger partial charge in [-0.1, -0.05) is 41.9 Å². The molecular formula is C22H20ClNO3S. The van der Waals surface area contributed by atoms with Crippen LogP contribution in [0.1, 0.15) is 26.4 Å². The molecule has 1 aliphatic rings. The zero-order valence-electron chi connectivity index (χ0n) is 15.3. The fourth-order valence-corrected chi connectivity index (χ4v) is 4.04. The van der Waals surface area contributed by atoms with Crippen molar-refractivity contribution in [2.45, 2.75) is 19.8 Å². The summed E-state index contributed by atoms with van der Waals surface area (Å²) in [6.45, 7) is 2.52. The highest BCUT2D eigenvalue weighted by atomic mass is 35.5. The van der Waals surface area contributed by atoms with E-state index in [1.165, 1.54) is 11.3 Å². The molecule has 2 aromatic carbocycles. The Hall–Kier alpha value is -2.34. The van der Waals surface area contributed by atoms with E-state index in [9.17, 15) is 4.79 Å². The number of nitrogens with zero attached hydrogens (tertiary/aromatic N) is 1. The van der Waals surface area contributed by atoms with E-state index in [1.807, 2.05) is 58.8 Å². The molecule has 28 heavy (non-hydrogen) atoms. The predicted octanol–water partition coefficient (Wildman–Crippen LogP) is 5.15. The zero-order valence-corrected chi connectivity index (χ0v) is 16.8. The molecule has 0 atom stereocenters. The van der Waals surface area contributed by atoms with Gasteiger partial charge in [-0.3, -0.25) is 4.79 Å². The van der Waals surface area contributed by atoms with E-state index < -0.39 is 0 Å². The second-order valence-corrected chi connectivity index (χ2v) is 7.93. The zero-order chi connectivity index (χ0) is 19.3. The quantitative estimate of drug-likeness (QED) is 0.580. The summed E-state index contributed by atoms with van der Waals surface area (Å²) in [4.78, 5) is 15.3. The lowest BCUT2D eigenvalue weighted by Gasteiger charge is -2.19. The number of rotatable bonds is 5. The molecule has 3 aromatic rings. The number of hydrogen-bond acceptors (Lipinski definition) is 4. The van der Waals surface area contributed by atoms with Gasteiger partial charge in [-0.2, -0.15) is 0 Å². The monoisotopic (exact) mass is 413 g/mol. The van der Waals surface area contributed by atoms with Gasteiger partial charge >= 0.3 is 0 Å². The molecule has 0 N–H and O–H groups in total. The maximum atomic E-state index is 12.7. The van der Waals surface area contributed by atoms with Crippen molar-refractivity contribution in [2.75, 3.05) is 13.2 Å². The minimum absolute atomic E-state index is 0.0480. The Bertz CT molecular complexity index is 958. The minimum Gasteiger partial charge on any atom is -0.491 e. The highest BCUT2D eigenvalue weighted by Gasteiger charge is 2.21. The standard InChI is InChI=1S/C22H20ClNO3S/c23-19-5-2-1-4-17(19)15-26-14-16-7-8-20-18(12-16)13-24(9-10-27-20)22(25)21-6-3-11-28-21/h1-8,11-12H,9-10,13-15H2. The average Bonchev–Trinajstić information content (AvgIpc) is 3.16. The number of carbonyl (C=O) groups excluding carboxylic acids is 1. The Kier molecular flexibility index (Phi) is 5.95. The summed E-state index contributed by atoms with van der Waals surface area (Å²) in [6.07, 6.45) is 0. The third-order valence-corrected chi connectivity index (χ3v) is 5.83. The van der Waals surface area contributed by atoms with Crippen LogP contribution in [-0.4, -0.2) is 24.0 Å². The number of hydrogen-bond donors (Lipinski definition) is 0. The first kappa shape index (κ1) is 19.0. The lowest BCUT2D eigenvalue weighted by atomic mass is 10.1. The van der Waals surface area contributed by atoms with E-state index in [4.69, 9.17) is 21.1 Å². The van der Waals surface area contributed by atoms with Crippen molar-refractivity contribution in [3.8, 4) is 5.75 Å². The largest absolute Gasteiger partial charge is 0.491 e. The van der Waals surface area contributed by atoms with Crippen molar-refractivity contribution in [1.29, 1.82) is 0 Å². The highest BCUT2D eigenvalue weighted by molar-refractivity contribution is 7.12. The molecule has 0 bridgehead atoms. The van der Waals surface area contributed by atoms with E-state index in [1.54, 1.807) is 0 Å². The molecule has 4 nitrogen and oxygen atoms in total. The number of ether oxygens (including phenoxy) is 2. The molecule has 1 amide bonds. The van der Waals surface area contributed by atoms with Gasteiger partial charge in [0.15, 0.2) is 0 Å². The van der Waals surface area contributed by atoms with Gasteiger partial charge in [-0.15, -0.1) is 11.3 Å². The van der Waals surface area contributed by atoms with Gasteiger partial charge in [0.25, 0.3) is 5.91 Å². The van der Waals surface area contributed by atoms with Crippen LogP contribution in [0.2, 0.25) is 5.02 Å². The lowest BCUT2D eigenvalue weighted by Crippen LogP contribution is -2.31. The molecule has 0 saturated carbocycles. The number of amides is 1. The maximum absolute atomic E-state index is 12.7. The first-order valence-electron chi connectivity index (χ1n) is 9.09. The average molecular weight is 414 g/mol. The number of benzene rings is 2. The van der Waals surface area contributed by atoms with Crippen LogP contribution in [0, 0.1) is 0 Å². The van der Waals surface area contributed by atoms with Crippen LogP contribution in [0.4, 0.5) is 0 Å². The first-order valence-corrected chi connectivity index (χ1v) is 10.3. The van der Waals surface area contributed by atoms with Crippen molar-refractivity contribution in [2.24, 2.45) is 0 Å². The normalized spacial score (nSPS) is 13.5. The van der Waals surface area contributed by atoms with E-state index in [2.05, 4.69) is 6.07 Å². The lowest BCUT2D eigenvalue weighted by molar-refractivity contribution is 0.0738. The molecule has 0 radical (unpaired) electrons. The molecule has 0 saturated heterocycles. The highest BCUT2D eigenvalue weighted by Crippen LogP contribution is 2.26. The summed E-state index contributed by atoms with van der Waals surface area (Å²) in [5.74, 6) is 0.878. The summed E-state index contributed by atoms with van der Waals surface area (Å²) < 4.78 is 11.7. The van der Waals surface area contributed by atoms with Gasteiger partial charge in [0.2, 0.25) is 0 Å². The van der Waals surface area contributed by atoms with Crippen molar-refractivity contribution in [3.05, 3.63) is 86.6 Å². The second kappa shape index (κ2) is 8.78. The molecular weight excluding hydrogens is 394 g/mol.